The first-order valence-electron chi connectivity index (χ1n) is 8.05. The second-order valence-electron chi connectivity index (χ2n) is 6.06. The van der Waals surface area contributed by atoms with E-state index in [1.807, 2.05) is 0 Å². The summed E-state index contributed by atoms with van der Waals surface area (Å²) >= 11 is 0. The van der Waals surface area contributed by atoms with Crippen molar-refractivity contribution in [2.24, 2.45) is 4.99 Å². The highest BCUT2D eigenvalue weighted by Crippen LogP contribution is 2.24. The Kier molecular flexibility index (Phi) is 6.95. The first kappa shape index (κ1) is 18.3. The van der Waals surface area contributed by atoms with Crippen LogP contribution < -0.4 is 15.4 Å². The van der Waals surface area contributed by atoms with E-state index in [1.54, 1.807) is 7.05 Å². The maximum atomic E-state index is 6.12. The van der Waals surface area contributed by atoms with Crippen LogP contribution in [-0.4, -0.2) is 38.4 Å². The zero-order valence-electron chi connectivity index (χ0n) is 13.8. The number of nitrogens with zero attached hydrogens (tertiary/aromatic N) is 1. The van der Waals surface area contributed by atoms with E-state index in [1.165, 1.54) is 18.4 Å². The van der Waals surface area contributed by atoms with Crippen LogP contribution in [0.3, 0.4) is 0 Å². The highest BCUT2D eigenvalue weighted by molar-refractivity contribution is 14.0. The summed E-state index contributed by atoms with van der Waals surface area (Å²) in [5.74, 6) is 1.81. The summed E-state index contributed by atoms with van der Waals surface area (Å²) in [5, 5.41) is 6.76. The lowest BCUT2D eigenvalue weighted by Crippen LogP contribution is -2.38. The van der Waals surface area contributed by atoms with Gasteiger partial charge >= 0.3 is 0 Å². The molecule has 0 radical (unpaired) electrons. The van der Waals surface area contributed by atoms with Gasteiger partial charge in [0.2, 0.25) is 0 Å². The highest BCUT2D eigenvalue weighted by atomic mass is 127. The molecule has 1 aromatic carbocycles. The van der Waals surface area contributed by atoms with E-state index in [-0.39, 0.29) is 30.1 Å². The van der Waals surface area contributed by atoms with Crippen LogP contribution in [0.5, 0.6) is 5.75 Å². The topological polar surface area (TPSA) is 54.9 Å². The van der Waals surface area contributed by atoms with Crippen molar-refractivity contribution in [1.29, 1.82) is 0 Å². The van der Waals surface area contributed by atoms with Crippen molar-refractivity contribution in [3.05, 3.63) is 29.3 Å². The molecular formula is C17H26IN3O2. The molecule has 1 unspecified atom stereocenters. The summed E-state index contributed by atoms with van der Waals surface area (Å²) in [6, 6.07) is 6.94. The Morgan fingerprint density at radius 3 is 2.83 bits per heavy atom. The van der Waals surface area contributed by atoms with Gasteiger partial charge in [-0.25, -0.2) is 0 Å². The van der Waals surface area contributed by atoms with Crippen LogP contribution in [0.2, 0.25) is 0 Å². The molecule has 1 aliphatic carbocycles. The van der Waals surface area contributed by atoms with Crippen LogP contribution in [-0.2, 0) is 11.3 Å². The van der Waals surface area contributed by atoms with Crippen molar-refractivity contribution in [1.82, 2.24) is 10.6 Å². The SMILES string of the molecule is CN=C(NCc1ccc(C)cc1OC1CCOC1)NC1CC1.I. The Labute approximate surface area is 155 Å². The Hall–Kier alpha value is -1.02. The fraction of sp³-hybridized carbons (Fsp3) is 0.588. The quantitative estimate of drug-likeness (QED) is 0.428. The molecule has 6 heteroatoms. The van der Waals surface area contributed by atoms with E-state index in [9.17, 15) is 0 Å². The van der Waals surface area contributed by atoms with Crippen molar-refractivity contribution < 1.29 is 9.47 Å². The van der Waals surface area contributed by atoms with Crippen LogP contribution in [0.25, 0.3) is 0 Å². The molecule has 23 heavy (non-hydrogen) atoms. The molecule has 1 aromatic rings. The molecule has 5 nitrogen and oxygen atoms in total. The molecule has 3 rings (SSSR count). The van der Waals surface area contributed by atoms with Crippen molar-refractivity contribution in [2.75, 3.05) is 20.3 Å². The number of nitrogens with one attached hydrogen (secondary N) is 2. The van der Waals surface area contributed by atoms with Crippen LogP contribution in [0, 0.1) is 6.92 Å². The van der Waals surface area contributed by atoms with Gasteiger partial charge in [0.05, 0.1) is 13.2 Å². The number of hydrogen-bond donors (Lipinski definition) is 2. The number of guanidine groups is 1. The first-order valence-corrected chi connectivity index (χ1v) is 8.05. The van der Waals surface area contributed by atoms with Gasteiger partial charge in [-0.1, -0.05) is 12.1 Å². The molecule has 0 spiro atoms. The third kappa shape index (κ3) is 5.53. The second kappa shape index (κ2) is 8.73. The lowest BCUT2D eigenvalue weighted by Gasteiger charge is -2.18. The van der Waals surface area contributed by atoms with E-state index in [0.717, 1.165) is 30.3 Å². The summed E-state index contributed by atoms with van der Waals surface area (Å²) in [7, 11) is 1.81. The molecule has 1 aliphatic heterocycles. The zero-order valence-corrected chi connectivity index (χ0v) is 16.1. The van der Waals surface area contributed by atoms with Gasteiger partial charge in [0.25, 0.3) is 0 Å². The predicted molar refractivity (Wildman–Crippen MR) is 103 cm³/mol. The average Bonchev–Trinajstić information content (AvgIpc) is 3.19. The molecule has 1 saturated heterocycles. The van der Waals surface area contributed by atoms with Crippen LogP contribution in [0.4, 0.5) is 0 Å². The van der Waals surface area contributed by atoms with Crippen LogP contribution >= 0.6 is 24.0 Å². The fourth-order valence-electron chi connectivity index (χ4n) is 2.50. The summed E-state index contributed by atoms with van der Waals surface area (Å²) in [6.45, 7) is 4.27. The summed E-state index contributed by atoms with van der Waals surface area (Å²) in [4.78, 5) is 4.27. The number of rotatable bonds is 5. The molecule has 1 atom stereocenters. The first-order chi connectivity index (χ1) is 10.7. The van der Waals surface area contributed by atoms with Crippen molar-refractivity contribution in [3.8, 4) is 5.75 Å². The maximum absolute atomic E-state index is 6.12. The third-order valence-corrected chi connectivity index (χ3v) is 3.99. The number of benzene rings is 1. The molecule has 2 N–H and O–H groups in total. The Morgan fingerprint density at radius 2 is 2.17 bits per heavy atom. The molecule has 0 amide bonds. The van der Waals surface area contributed by atoms with Gasteiger partial charge in [0.15, 0.2) is 5.96 Å². The summed E-state index contributed by atoms with van der Waals surface area (Å²) in [5.41, 5.74) is 2.36. The standard InChI is InChI=1S/C17H25N3O2.HI/c1-12-3-4-13(10-19-17(18-2)20-14-5-6-14)16(9-12)22-15-7-8-21-11-15;/h3-4,9,14-15H,5-8,10-11H2,1-2H3,(H2,18,19,20);1H. The van der Waals surface area contributed by atoms with E-state index in [2.05, 4.69) is 40.7 Å². The molecular weight excluding hydrogens is 405 g/mol. The maximum Gasteiger partial charge on any atom is 0.191 e. The number of hydrogen-bond acceptors (Lipinski definition) is 3. The Morgan fingerprint density at radius 1 is 1.35 bits per heavy atom. The number of halogens is 1. The molecule has 0 aromatic heterocycles. The van der Waals surface area contributed by atoms with Gasteiger partial charge in [-0.2, -0.15) is 0 Å². The second-order valence-corrected chi connectivity index (χ2v) is 6.06. The predicted octanol–water partition coefficient (Wildman–Crippen LogP) is 2.61. The van der Waals surface area contributed by atoms with Gasteiger partial charge in [0.1, 0.15) is 11.9 Å². The largest absolute Gasteiger partial charge is 0.488 e. The molecule has 2 aliphatic rings. The minimum absolute atomic E-state index is 0. The van der Waals surface area contributed by atoms with Crippen LogP contribution in [0.15, 0.2) is 23.2 Å². The summed E-state index contributed by atoms with van der Waals surface area (Å²) in [6.07, 6.45) is 3.61. The van der Waals surface area contributed by atoms with E-state index >= 15 is 0 Å². The third-order valence-electron chi connectivity index (χ3n) is 3.99. The molecule has 1 heterocycles. The van der Waals surface area contributed by atoms with Crippen molar-refractivity contribution in [2.45, 2.75) is 44.9 Å². The lowest BCUT2D eigenvalue weighted by atomic mass is 10.1. The smallest absolute Gasteiger partial charge is 0.191 e. The number of ether oxygens (including phenoxy) is 2. The Bertz CT molecular complexity index is 541. The van der Waals surface area contributed by atoms with Crippen LogP contribution in [0.1, 0.15) is 30.4 Å². The van der Waals surface area contributed by atoms with E-state index in [0.29, 0.717) is 19.2 Å². The van der Waals surface area contributed by atoms with Gasteiger partial charge < -0.3 is 20.1 Å². The molecule has 0 bridgehead atoms. The van der Waals surface area contributed by atoms with Gasteiger partial charge in [-0.15, -0.1) is 24.0 Å². The monoisotopic (exact) mass is 431 g/mol. The Balaban J connectivity index is 0.00000192. The minimum atomic E-state index is 0. The minimum Gasteiger partial charge on any atom is -0.488 e. The van der Waals surface area contributed by atoms with E-state index in [4.69, 9.17) is 9.47 Å². The van der Waals surface area contributed by atoms with E-state index < -0.39 is 0 Å². The number of aryl methyl sites for hydroxylation is 1. The normalized spacial score (nSPS) is 20.8. The number of aliphatic imine (C=N–C) groups is 1. The molecule has 1 saturated carbocycles. The zero-order chi connectivity index (χ0) is 15.4. The van der Waals surface area contributed by atoms with Gasteiger partial charge in [0, 0.05) is 31.6 Å². The molecule has 2 fully saturated rings. The molecule has 128 valence electrons. The average molecular weight is 431 g/mol. The van der Waals surface area contributed by atoms with Crippen molar-refractivity contribution in [3.63, 3.8) is 0 Å². The van der Waals surface area contributed by atoms with Crippen molar-refractivity contribution >= 4 is 29.9 Å². The lowest BCUT2D eigenvalue weighted by molar-refractivity contribution is 0.140. The fourth-order valence-corrected chi connectivity index (χ4v) is 2.50. The summed E-state index contributed by atoms with van der Waals surface area (Å²) < 4.78 is 11.5. The van der Waals surface area contributed by atoms with Gasteiger partial charge in [-0.05, 0) is 31.4 Å². The van der Waals surface area contributed by atoms with Gasteiger partial charge in [-0.3, -0.25) is 4.99 Å². The highest BCUT2D eigenvalue weighted by Gasteiger charge is 2.22.